The summed E-state index contributed by atoms with van der Waals surface area (Å²) in [6, 6.07) is 10.3. The summed E-state index contributed by atoms with van der Waals surface area (Å²) in [5.74, 6) is 0.103. The maximum absolute atomic E-state index is 13.0. The number of hydrogen-bond donors (Lipinski definition) is 1. The number of rotatable bonds is 4. The molecule has 31 heavy (non-hydrogen) atoms. The third-order valence-electron chi connectivity index (χ3n) is 6.15. The van der Waals surface area contributed by atoms with Gasteiger partial charge in [0, 0.05) is 36.7 Å². The van der Waals surface area contributed by atoms with Crippen LogP contribution in [-0.4, -0.2) is 52.2 Å². The van der Waals surface area contributed by atoms with Gasteiger partial charge in [-0.3, -0.25) is 9.59 Å². The van der Waals surface area contributed by atoms with Gasteiger partial charge in [-0.05, 0) is 50.3 Å². The van der Waals surface area contributed by atoms with E-state index in [9.17, 15) is 9.59 Å². The van der Waals surface area contributed by atoms with Gasteiger partial charge >= 0.3 is 0 Å². The van der Waals surface area contributed by atoms with Crippen LogP contribution in [0.5, 0.6) is 0 Å². The molecular weight excluding hydrogens is 428 g/mol. The van der Waals surface area contributed by atoms with Crippen LogP contribution in [0.4, 0.5) is 5.69 Å². The molecule has 1 aliphatic carbocycles. The summed E-state index contributed by atoms with van der Waals surface area (Å²) in [4.78, 5) is 39.8. The molecule has 5 rings (SSSR count). The fourth-order valence-electron chi connectivity index (χ4n) is 4.50. The van der Waals surface area contributed by atoms with Gasteiger partial charge in [0.05, 0.1) is 10.6 Å². The summed E-state index contributed by atoms with van der Waals surface area (Å²) < 4.78 is 0. The molecule has 162 valence electrons. The van der Waals surface area contributed by atoms with Gasteiger partial charge in [0.25, 0.3) is 5.56 Å². The van der Waals surface area contributed by atoms with E-state index in [4.69, 9.17) is 4.98 Å². The number of fused-ring (bicyclic) bond motifs is 3. The van der Waals surface area contributed by atoms with Crippen LogP contribution in [0.15, 0.2) is 40.3 Å². The number of aryl methyl sites for hydroxylation is 2. The van der Waals surface area contributed by atoms with Crippen LogP contribution in [0.1, 0.15) is 30.2 Å². The van der Waals surface area contributed by atoms with E-state index >= 15 is 0 Å². The molecule has 1 fully saturated rings. The van der Waals surface area contributed by atoms with Crippen molar-refractivity contribution in [3.63, 3.8) is 0 Å². The van der Waals surface area contributed by atoms with E-state index in [-0.39, 0.29) is 16.7 Å². The van der Waals surface area contributed by atoms with Gasteiger partial charge in [-0.15, -0.1) is 11.3 Å². The number of anilines is 1. The molecule has 1 aromatic carbocycles. The predicted octanol–water partition coefficient (Wildman–Crippen LogP) is 3.69. The minimum atomic E-state index is -0.293. The Labute approximate surface area is 189 Å². The van der Waals surface area contributed by atoms with Crippen LogP contribution in [0.2, 0.25) is 0 Å². The zero-order valence-electron chi connectivity index (χ0n) is 17.6. The molecule has 8 heteroatoms. The van der Waals surface area contributed by atoms with E-state index < -0.39 is 0 Å². The number of piperazine rings is 1. The number of aromatic amines is 1. The number of H-pyrrole nitrogens is 1. The van der Waals surface area contributed by atoms with Gasteiger partial charge in [0.15, 0.2) is 5.16 Å². The molecule has 2 aromatic heterocycles. The standard InChI is InChI=1S/C23H26N4O2S2/c1-15(22(29)27-13-11-26(12-14-27)16-7-3-2-4-8-16)30-23-24-20(28)19-17-9-5-6-10-18(17)31-21(19)25-23/h2-4,7-8,15H,5-6,9-14H2,1H3,(H,24,25,28). The number of para-hydroxylation sites is 1. The fourth-order valence-corrected chi connectivity index (χ4v) is 6.70. The first-order valence-electron chi connectivity index (χ1n) is 10.9. The molecule has 3 heterocycles. The highest BCUT2D eigenvalue weighted by molar-refractivity contribution is 8.00. The number of carbonyl (C=O) groups is 1. The SMILES string of the molecule is CC(Sc1nc2sc3c(c2c(=O)[nH]1)CCCC3)C(=O)N1CCN(c2ccccc2)CC1. The second kappa shape index (κ2) is 8.67. The first kappa shape index (κ1) is 20.6. The van der Waals surface area contributed by atoms with Crippen LogP contribution in [0, 0.1) is 0 Å². The average Bonchev–Trinajstić information content (AvgIpc) is 3.18. The van der Waals surface area contributed by atoms with Crippen molar-refractivity contribution >= 4 is 44.9 Å². The van der Waals surface area contributed by atoms with Crippen molar-refractivity contribution in [2.45, 2.75) is 43.0 Å². The summed E-state index contributed by atoms with van der Waals surface area (Å²) >= 11 is 3.00. The predicted molar refractivity (Wildman–Crippen MR) is 127 cm³/mol. The molecule has 0 radical (unpaired) electrons. The van der Waals surface area contributed by atoms with E-state index in [0.717, 1.165) is 42.6 Å². The first-order valence-corrected chi connectivity index (χ1v) is 12.6. The number of nitrogens with zero attached hydrogens (tertiary/aromatic N) is 3. The Morgan fingerprint density at radius 2 is 1.87 bits per heavy atom. The third-order valence-corrected chi connectivity index (χ3v) is 8.31. The minimum Gasteiger partial charge on any atom is -0.368 e. The van der Waals surface area contributed by atoms with Crippen LogP contribution in [0.3, 0.4) is 0 Å². The number of thioether (sulfide) groups is 1. The van der Waals surface area contributed by atoms with Gasteiger partial charge in [-0.1, -0.05) is 30.0 Å². The largest absolute Gasteiger partial charge is 0.368 e. The van der Waals surface area contributed by atoms with Crippen molar-refractivity contribution < 1.29 is 4.79 Å². The average molecular weight is 455 g/mol. The molecule has 1 aliphatic heterocycles. The van der Waals surface area contributed by atoms with E-state index in [2.05, 4.69) is 22.0 Å². The highest BCUT2D eigenvalue weighted by atomic mass is 32.2. The van der Waals surface area contributed by atoms with Crippen LogP contribution >= 0.6 is 23.1 Å². The van der Waals surface area contributed by atoms with Gasteiger partial charge in [-0.2, -0.15) is 0 Å². The van der Waals surface area contributed by atoms with Crippen molar-refractivity contribution in [2.24, 2.45) is 0 Å². The summed E-state index contributed by atoms with van der Waals surface area (Å²) in [7, 11) is 0. The van der Waals surface area contributed by atoms with E-state index in [1.54, 1.807) is 11.3 Å². The Morgan fingerprint density at radius 3 is 2.65 bits per heavy atom. The number of aromatic nitrogens is 2. The quantitative estimate of drug-likeness (QED) is 0.481. The molecule has 1 amide bonds. The van der Waals surface area contributed by atoms with E-state index in [1.165, 1.54) is 34.3 Å². The Morgan fingerprint density at radius 1 is 1.13 bits per heavy atom. The molecule has 1 unspecified atom stereocenters. The highest BCUT2D eigenvalue weighted by Gasteiger charge is 2.27. The Bertz CT molecular complexity index is 1150. The summed E-state index contributed by atoms with van der Waals surface area (Å²) in [5.41, 5.74) is 2.32. The minimum absolute atomic E-state index is 0.0666. The fraction of sp³-hybridized carbons (Fsp3) is 0.435. The molecular formula is C23H26N4O2S2. The number of amides is 1. The van der Waals surface area contributed by atoms with Gasteiger partial charge in [0.2, 0.25) is 5.91 Å². The monoisotopic (exact) mass is 454 g/mol. The second-order valence-electron chi connectivity index (χ2n) is 8.17. The number of carbonyl (C=O) groups excluding carboxylic acids is 1. The zero-order chi connectivity index (χ0) is 21.4. The second-order valence-corrected chi connectivity index (χ2v) is 10.6. The molecule has 0 bridgehead atoms. The molecule has 2 aliphatic rings. The van der Waals surface area contributed by atoms with Crippen LogP contribution in [-0.2, 0) is 17.6 Å². The Balaban J connectivity index is 1.26. The van der Waals surface area contributed by atoms with Gasteiger partial charge < -0.3 is 14.8 Å². The van der Waals surface area contributed by atoms with Crippen molar-refractivity contribution in [3.8, 4) is 0 Å². The maximum atomic E-state index is 13.0. The number of thiophene rings is 1. The van der Waals surface area contributed by atoms with Gasteiger partial charge in [-0.25, -0.2) is 4.98 Å². The number of nitrogens with one attached hydrogen (secondary N) is 1. The lowest BCUT2D eigenvalue weighted by Gasteiger charge is -2.37. The van der Waals surface area contributed by atoms with Crippen LogP contribution in [0.25, 0.3) is 10.2 Å². The maximum Gasteiger partial charge on any atom is 0.260 e. The van der Waals surface area contributed by atoms with Gasteiger partial charge in [0.1, 0.15) is 4.83 Å². The van der Waals surface area contributed by atoms with Crippen molar-refractivity contribution in [1.82, 2.24) is 14.9 Å². The lowest BCUT2D eigenvalue weighted by Crippen LogP contribution is -2.50. The van der Waals surface area contributed by atoms with Crippen molar-refractivity contribution in [1.29, 1.82) is 0 Å². The smallest absolute Gasteiger partial charge is 0.260 e. The third kappa shape index (κ3) is 4.11. The number of hydrogen-bond acceptors (Lipinski definition) is 6. The molecule has 1 saturated heterocycles. The summed E-state index contributed by atoms with van der Waals surface area (Å²) in [6.45, 7) is 4.97. The Kier molecular flexibility index (Phi) is 5.75. The molecule has 6 nitrogen and oxygen atoms in total. The van der Waals surface area contributed by atoms with Crippen LogP contribution < -0.4 is 10.5 Å². The normalized spacial score (nSPS) is 17.6. The first-order chi connectivity index (χ1) is 15.1. The number of benzene rings is 1. The topological polar surface area (TPSA) is 69.3 Å². The van der Waals surface area contributed by atoms with Crippen molar-refractivity contribution in [3.05, 3.63) is 51.1 Å². The Hall–Kier alpha value is -2.32. The summed E-state index contributed by atoms with van der Waals surface area (Å²) in [6.07, 6.45) is 4.33. The molecule has 0 saturated carbocycles. The van der Waals surface area contributed by atoms with Crippen molar-refractivity contribution in [2.75, 3.05) is 31.1 Å². The lowest BCUT2D eigenvalue weighted by atomic mass is 9.97. The molecule has 0 spiro atoms. The molecule has 3 aromatic rings. The zero-order valence-corrected chi connectivity index (χ0v) is 19.2. The van der Waals surface area contributed by atoms with E-state index in [0.29, 0.717) is 18.2 Å². The summed E-state index contributed by atoms with van der Waals surface area (Å²) in [5, 5.41) is 1.01. The van der Waals surface area contributed by atoms with E-state index in [1.807, 2.05) is 30.0 Å². The highest BCUT2D eigenvalue weighted by Crippen LogP contribution is 2.34. The lowest BCUT2D eigenvalue weighted by molar-refractivity contribution is -0.130. The molecule has 1 atom stereocenters. The molecule has 1 N–H and O–H groups in total.